The summed E-state index contributed by atoms with van der Waals surface area (Å²) in [6.07, 6.45) is 4.11. The normalized spacial score (nSPS) is 11.3. The summed E-state index contributed by atoms with van der Waals surface area (Å²) in [6.45, 7) is 8.64. The van der Waals surface area contributed by atoms with Crippen LogP contribution in [0.25, 0.3) is 0 Å². The number of ether oxygens (including phenoxy) is 1. The Balaban J connectivity index is 2.39. The van der Waals surface area contributed by atoms with E-state index in [1.54, 1.807) is 6.20 Å². The van der Waals surface area contributed by atoms with Crippen LogP contribution in [0, 0.1) is 0 Å². The highest BCUT2D eigenvalue weighted by atomic mass is 16.5. The second-order valence-electron chi connectivity index (χ2n) is 5.92. The van der Waals surface area contributed by atoms with Crippen LogP contribution in [0.15, 0.2) is 30.6 Å². The zero-order chi connectivity index (χ0) is 15.5. The molecule has 0 atom stereocenters. The molecule has 1 aromatic heterocycles. The molecule has 1 aromatic carbocycles. The Morgan fingerprint density at radius 2 is 2.00 bits per heavy atom. The van der Waals surface area contributed by atoms with Crippen LogP contribution < -0.4 is 16.0 Å². The molecule has 0 aliphatic heterocycles. The Bertz CT molecular complexity index is 620. The van der Waals surface area contributed by atoms with E-state index >= 15 is 0 Å². The molecule has 0 amide bonds. The molecule has 0 saturated carbocycles. The predicted octanol–water partition coefficient (Wildman–Crippen LogP) is 3.41. The molecule has 1 heterocycles. The van der Waals surface area contributed by atoms with Gasteiger partial charge in [-0.1, -0.05) is 39.8 Å². The molecular weight excluding hydrogens is 264 g/mol. The highest BCUT2D eigenvalue weighted by molar-refractivity contribution is 5.43. The first-order valence-electron chi connectivity index (χ1n) is 7.04. The summed E-state index contributed by atoms with van der Waals surface area (Å²) in [4.78, 5) is 8.28. The molecule has 0 unspecified atom stereocenters. The number of aryl methyl sites for hydroxylation is 1. The molecule has 0 radical (unpaired) electrons. The molecule has 0 saturated heterocycles. The van der Waals surface area contributed by atoms with Crippen LogP contribution in [0.3, 0.4) is 0 Å². The number of nitrogen functional groups attached to an aromatic ring is 1. The zero-order valence-corrected chi connectivity index (χ0v) is 13.0. The Kier molecular flexibility index (Phi) is 4.43. The van der Waals surface area contributed by atoms with E-state index in [9.17, 15) is 0 Å². The van der Waals surface area contributed by atoms with Crippen molar-refractivity contribution in [2.45, 2.75) is 39.5 Å². The molecule has 0 aliphatic carbocycles. The average molecular weight is 286 g/mol. The predicted molar refractivity (Wildman–Crippen MR) is 84.4 cm³/mol. The van der Waals surface area contributed by atoms with Gasteiger partial charge >= 0.3 is 0 Å². The van der Waals surface area contributed by atoms with Crippen LogP contribution in [-0.2, 0) is 11.8 Å². The lowest BCUT2D eigenvalue weighted by molar-refractivity contribution is 0.438. The number of rotatable bonds is 4. The lowest BCUT2D eigenvalue weighted by Gasteiger charge is -2.23. The second-order valence-corrected chi connectivity index (χ2v) is 5.92. The number of hydrogen-bond acceptors (Lipinski definition) is 5. The van der Waals surface area contributed by atoms with Gasteiger partial charge in [0.1, 0.15) is 5.75 Å². The molecule has 2 rings (SSSR count). The number of benzene rings is 1. The summed E-state index contributed by atoms with van der Waals surface area (Å²) in [5.74, 6) is 7.02. The summed E-state index contributed by atoms with van der Waals surface area (Å²) >= 11 is 0. The van der Waals surface area contributed by atoms with Crippen LogP contribution in [-0.4, -0.2) is 9.97 Å². The SMILES string of the molecule is CCc1ccc(Oc2cncc(NN)n2)c(C(C)(C)C)c1. The maximum absolute atomic E-state index is 5.91. The number of hydrogen-bond donors (Lipinski definition) is 2. The van der Waals surface area contributed by atoms with Crippen LogP contribution in [0.4, 0.5) is 5.82 Å². The quantitative estimate of drug-likeness (QED) is 0.665. The molecule has 112 valence electrons. The van der Waals surface area contributed by atoms with Crippen molar-refractivity contribution in [2.75, 3.05) is 5.43 Å². The van der Waals surface area contributed by atoms with Crippen LogP contribution in [0.2, 0.25) is 0 Å². The van der Waals surface area contributed by atoms with Crippen molar-refractivity contribution in [2.24, 2.45) is 5.84 Å². The van der Waals surface area contributed by atoms with Crippen molar-refractivity contribution in [1.29, 1.82) is 0 Å². The van der Waals surface area contributed by atoms with Gasteiger partial charge in [-0.05, 0) is 23.5 Å². The lowest BCUT2D eigenvalue weighted by Crippen LogP contribution is -2.13. The number of anilines is 1. The Labute approximate surface area is 125 Å². The number of nitrogens with zero attached hydrogens (tertiary/aromatic N) is 2. The van der Waals surface area contributed by atoms with Crippen molar-refractivity contribution in [3.63, 3.8) is 0 Å². The summed E-state index contributed by atoms with van der Waals surface area (Å²) in [5.41, 5.74) is 4.88. The third-order valence-corrected chi connectivity index (χ3v) is 3.24. The first kappa shape index (κ1) is 15.3. The van der Waals surface area contributed by atoms with Crippen molar-refractivity contribution in [1.82, 2.24) is 9.97 Å². The lowest BCUT2D eigenvalue weighted by atomic mass is 9.85. The maximum Gasteiger partial charge on any atom is 0.239 e. The molecular formula is C16H22N4O. The smallest absolute Gasteiger partial charge is 0.239 e. The van der Waals surface area contributed by atoms with E-state index in [2.05, 4.69) is 55.2 Å². The average Bonchev–Trinajstić information content (AvgIpc) is 2.46. The molecule has 2 aromatic rings. The van der Waals surface area contributed by atoms with Gasteiger partial charge in [-0.2, -0.15) is 4.98 Å². The second kappa shape index (κ2) is 6.10. The highest BCUT2D eigenvalue weighted by Gasteiger charge is 2.20. The van der Waals surface area contributed by atoms with Crippen molar-refractivity contribution in [3.8, 4) is 11.6 Å². The maximum atomic E-state index is 5.91. The van der Waals surface area contributed by atoms with Gasteiger partial charge in [0.05, 0.1) is 12.4 Å². The number of nitrogens with one attached hydrogen (secondary N) is 1. The van der Waals surface area contributed by atoms with Gasteiger partial charge in [0.2, 0.25) is 5.88 Å². The first-order valence-corrected chi connectivity index (χ1v) is 7.04. The van der Waals surface area contributed by atoms with Gasteiger partial charge in [-0.3, -0.25) is 4.98 Å². The van der Waals surface area contributed by atoms with Gasteiger partial charge in [-0.15, -0.1) is 0 Å². The largest absolute Gasteiger partial charge is 0.437 e. The molecule has 0 fully saturated rings. The third-order valence-electron chi connectivity index (χ3n) is 3.24. The topological polar surface area (TPSA) is 73.1 Å². The summed E-state index contributed by atoms with van der Waals surface area (Å²) < 4.78 is 5.91. The number of nitrogens with two attached hydrogens (primary N) is 1. The van der Waals surface area contributed by atoms with Crippen LogP contribution in [0.5, 0.6) is 11.6 Å². The molecule has 0 spiro atoms. The molecule has 5 heteroatoms. The summed E-state index contributed by atoms with van der Waals surface area (Å²) in [5, 5.41) is 0. The zero-order valence-electron chi connectivity index (χ0n) is 13.0. The first-order chi connectivity index (χ1) is 9.94. The van der Waals surface area contributed by atoms with Crippen molar-refractivity contribution in [3.05, 3.63) is 41.7 Å². The number of aromatic nitrogens is 2. The molecule has 5 nitrogen and oxygen atoms in total. The van der Waals surface area contributed by atoms with E-state index in [0.717, 1.165) is 17.7 Å². The van der Waals surface area contributed by atoms with E-state index in [1.165, 1.54) is 11.8 Å². The minimum atomic E-state index is -0.0162. The number of hydrazine groups is 1. The fraction of sp³-hybridized carbons (Fsp3) is 0.375. The summed E-state index contributed by atoms with van der Waals surface area (Å²) in [7, 11) is 0. The molecule has 0 aliphatic rings. The standard InChI is InChI=1S/C16H22N4O/c1-5-11-6-7-13(12(8-11)16(2,3)4)21-15-10-18-9-14(19-15)20-17/h6-10H,5,17H2,1-4H3,(H,19,20). The molecule has 21 heavy (non-hydrogen) atoms. The Morgan fingerprint density at radius 3 is 2.62 bits per heavy atom. The van der Waals surface area contributed by atoms with Gasteiger partial charge in [-0.25, -0.2) is 5.84 Å². The monoisotopic (exact) mass is 286 g/mol. The van der Waals surface area contributed by atoms with Gasteiger partial charge < -0.3 is 10.2 Å². The van der Waals surface area contributed by atoms with E-state index in [0.29, 0.717) is 11.7 Å². The minimum absolute atomic E-state index is 0.0162. The van der Waals surface area contributed by atoms with E-state index in [4.69, 9.17) is 10.6 Å². The van der Waals surface area contributed by atoms with Gasteiger partial charge in [0, 0.05) is 5.56 Å². The van der Waals surface area contributed by atoms with Crippen molar-refractivity contribution < 1.29 is 4.74 Å². The van der Waals surface area contributed by atoms with E-state index in [-0.39, 0.29) is 5.41 Å². The van der Waals surface area contributed by atoms with Crippen molar-refractivity contribution >= 4 is 5.82 Å². The van der Waals surface area contributed by atoms with Gasteiger partial charge in [0.15, 0.2) is 5.82 Å². The fourth-order valence-electron chi connectivity index (χ4n) is 2.05. The molecule has 3 N–H and O–H groups in total. The summed E-state index contributed by atoms with van der Waals surface area (Å²) in [6, 6.07) is 6.25. The molecule has 0 bridgehead atoms. The minimum Gasteiger partial charge on any atom is -0.437 e. The highest BCUT2D eigenvalue weighted by Crippen LogP contribution is 2.34. The van der Waals surface area contributed by atoms with Crippen LogP contribution >= 0.6 is 0 Å². The Hall–Kier alpha value is -2.14. The third kappa shape index (κ3) is 3.70. The van der Waals surface area contributed by atoms with Gasteiger partial charge in [0.25, 0.3) is 0 Å². The van der Waals surface area contributed by atoms with E-state index in [1.807, 2.05) is 6.07 Å². The van der Waals surface area contributed by atoms with Crippen LogP contribution in [0.1, 0.15) is 38.8 Å². The van der Waals surface area contributed by atoms with E-state index < -0.39 is 0 Å². The fourth-order valence-corrected chi connectivity index (χ4v) is 2.05. The Morgan fingerprint density at radius 1 is 1.24 bits per heavy atom.